The molecule has 0 spiro atoms. The van der Waals surface area contributed by atoms with Gasteiger partial charge in [0, 0.05) is 31.9 Å². The van der Waals surface area contributed by atoms with Crippen LogP contribution in [0.15, 0.2) is 40.4 Å². The van der Waals surface area contributed by atoms with Crippen LogP contribution in [0.3, 0.4) is 0 Å². The molecule has 3 aromatic rings. The molecule has 0 aliphatic rings. The van der Waals surface area contributed by atoms with Crippen molar-refractivity contribution >= 4 is 44.4 Å². The number of ether oxygens (including phenoxy) is 1. The Kier molecular flexibility index (Phi) is 6.29. The molecule has 0 aliphatic carbocycles. The topological polar surface area (TPSA) is 104 Å². The predicted octanol–water partition coefficient (Wildman–Crippen LogP) is 2.83. The molecule has 0 saturated carbocycles. The van der Waals surface area contributed by atoms with Crippen LogP contribution in [0.5, 0.6) is 5.75 Å². The number of nitrogens with one attached hydrogen (secondary N) is 2. The number of halogens is 2. The molecule has 0 fully saturated rings. The van der Waals surface area contributed by atoms with Gasteiger partial charge in [-0.2, -0.15) is 0 Å². The minimum atomic E-state index is -3.78. The number of aromatic amines is 1. The molecule has 0 bridgehead atoms. The van der Waals surface area contributed by atoms with Gasteiger partial charge in [0.2, 0.25) is 15.9 Å². The van der Waals surface area contributed by atoms with Crippen LogP contribution in [0.25, 0.3) is 11.0 Å². The first-order chi connectivity index (χ1) is 14.1. The molecule has 0 radical (unpaired) electrons. The molecule has 0 unspecified atom stereocenters. The fourth-order valence-corrected chi connectivity index (χ4v) is 4.29. The molecule has 8 nitrogen and oxygen atoms in total. The Morgan fingerprint density at radius 1 is 1.23 bits per heavy atom. The van der Waals surface area contributed by atoms with Crippen molar-refractivity contribution in [3.63, 3.8) is 0 Å². The molecule has 160 valence electrons. The number of sulfonamides is 1. The molecule has 0 atom stereocenters. The number of benzene rings is 2. The van der Waals surface area contributed by atoms with Crippen molar-refractivity contribution in [2.75, 3.05) is 32.3 Å². The highest BCUT2D eigenvalue weighted by Crippen LogP contribution is 2.29. The van der Waals surface area contributed by atoms with Gasteiger partial charge >= 0.3 is 0 Å². The molecule has 30 heavy (non-hydrogen) atoms. The predicted molar refractivity (Wildman–Crippen MR) is 109 cm³/mol. The van der Waals surface area contributed by atoms with Crippen molar-refractivity contribution in [2.24, 2.45) is 0 Å². The molecular weight excluding hydrogens is 438 g/mol. The van der Waals surface area contributed by atoms with Gasteiger partial charge in [-0.1, -0.05) is 11.8 Å². The molecule has 2 aromatic carbocycles. The Balaban J connectivity index is 1.72. The van der Waals surface area contributed by atoms with E-state index < -0.39 is 27.6 Å². The Labute approximate surface area is 175 Å². The average molecular weight is 456 g/mol. The van der Waals surface area contributed by atoms with E-state index in [0.717, 1.165) is 28.2 Å². The second-order valence-electron chi connectivity index (χ2n) is 6.32. The van der Waals surface area contributed by atoms with E-state index in [4.69, 9.17) is 4.74 Å². The summed E-state index contributed by atoms with van der Waals surface area (Å²) in [5.74, 6) is -2.34. The number of aromatic nitrogens is 2. The number of thioether (sulfide) groups is 1. The summed E-state index contributed by atoms with van der Waals surface area (Å²) in [7, 11) is 0.353. The number of rotatable bonds is 7. The fraction of sp³-hybridized carbons (Fsp3) is 0.222. The number of fused-ring (bicyclic) bond motifs is 1. The first-order valence-electron chi connectivity index (χ1n) is 8.50. The third-order valence-electron chi connectivity index (χ3n) is 4.05. The average Bonchev–Trinajstić information content (AvgIpc) is 3.08. The Morgan fingerprint density at radius 3 is 2.60 bits per heavy atom. The highest BCUT2D eigenvalue weighted by Gasteiger charge is 2.23. The van der Waals surface area contributed by atoms with Gasteiger partial charge in [-0.05, 0) is 18.2 Å². The van der Waals surface area contributed by atoms with Crippen molar-refractivity contribution in [2.45, 2.75) is 10.1 Å². The fourth-order valence-electron chi connectivity index (χ4n) is 2.53. The summed E-state index contributed by atoms with van der Waals surface area (Å²) in [5.41, 5.74) is 0.826. The third kappa shape index (κ3) is 4.55. The van der Waals surface area contributed by atoms with Crippen LogP contribution in [0.2, 0.25) is 0 Å². The zero-order valence-electron chi connectivity index (χ0n) is 16.2. The van der Waals surface area contributed by atoms with Crippen molar-refractivity contribution in [1.82, 2.24) is 14.3 Å². The lowest BCUT2D eigenvalue weighted by atomic mass is 10.3. The number of methoxy groups -OCH3 is 1. The van der Waals surface area contributed by atoms with Gasteiger partial charge < -0.3 is 15.0 Å². The number of imidazole rings is 1. The molecular formula is C18H18F2N4O4S2. The van der Waals surface area contributed by atoms with Gasteiger partial charge in [0.15, 0.2) is 16.8 Å². The Bertz CT molecular complexity index is 1170. The maximum Gasteiger partial charge on any atom is 0.246 e. The lowest BCUT2D eigenvalue weighted by Crippen LogP contribution is -2.23. The normalized spacial score (nSPS) is 11.8. The molecule has 1 amide bonds. The van der Waals surface area contributed by atoms with E-state index in [0.29, 0.717) is 10.7 Å². The number of H-pyrrole nitrogens is 1. The SMILES string of the molecule is COc1ccc(NC(=O)CSc2nc3cc(F)c(F)cc3[nH]2)cc1S(=O)(=O)N(C)C. The lowest BCUT2D eigenvalue weighted by molar-refractivity contribution is -0.113. The third-order valence-corrected chi connectivity index (χ3v) is 6.76. The Hall–Kier alpha value is -2.70. The van der Waals surface area contributed by atoms with E-state index in [2.05, 4.69) is 15.3 Å². The van der Waals surface area contributed by atoms with Gasteiger partial charge in [-0.25, -0.2) is 26.5 Å². The summed E-state index contributed by atoms with van der Waals surface area (Å²) in [6, 6.07) is 6.23. The number of nitrogens with zero attached hydrogens (tertiary/aromatic N) is 2. The standard InChI is InChI=1S/C18H18F2N4O4S2/c1-24(2)30(26,27)16-6-10(4-5-15(16)28-3)21-17(25)9-29-18-22-13-7-11(19)12(20)8-14(13)23-18/h4-8H,9H2,1-3H3,(H,21,25)(H,22,23). The summed E-state index contributed by atoms with van der Waals surface area (Å²) in [6.07, 6.45) is 0. The van der Waals surface area contributed by atoms with Gasteiger partial charge in [-0.15, -0.1) is 0 Å². The van der Waals surface area contributed by atoms with E-state index in [9.17, 15) is 22.0 Å². The molecule has 3 rings (SSSR count). The Morgan fingerprint density at radius 2 is 1.93 bits per heavy atom. The minimum Gasteiger partial charge on any atom is -0.495 e. The van der Waals surface area contributed by atoms with Crippen LogP contribution in [0.4, 0.5) is 14.5 Å². The van der Waals surface area contributed by atoms with Crippen LogP contribution in [0, 0.1) is 11.6 Å². The second kappa shape index (κ2) is 8.58. The lowest BCUT2D eigenvalue weighted by Gasteiger charge is -2.15. The van der Waals surface area contributed by atoms with E-state index in [-0.39, 0.29) is 27.6 Å². The summed E-state index contributed by atoms with van der Waals surface area (Å²) < 4.78 is 57.6. The van der Waals surface area contributed by atoms with Gasteiger partial charge in [-0.3, -0.25) is 4.79 Å². The van der Waals surface area contributed by atoms with Crippen molar-refractivity contribution in [3.05, 3.63) is 42.0 Å². The van der Waals surface area contributed by atoms with Crippen LogP contribution in [0.1, 0.15) is 0 Å². The van der Waals surface area contributed by atoms with E-state index in [1.165, 1.54) is 39.4 Å². The number of hydrogen-bond donors (Lipinski definition) is 2. The maximum atomic E-state index is 13.3. The van der Waals surface area contributed by atoms with Crippen LogP contribution < -0.4 is 10.1 Å². The molecule has 1 aromatic heterocycles. The van der Waals surface area contributed by atoms with Crippen molar-refractivity contribution < 1.29 is 26.7 Å². The zero-order valence-corrected chi connectivity index (χ0v) is 17.8. The summed E-state index contributed by atoms with van der Waals surface area (Å²) in [4.78, 5) is 19.1. The van der Waals surface area contributed by atoms with Crippen LogP contribution in [-0.2, 0) is 14.8 Å². The highest BCUT2D eigenvalue weighted by molar-refractivity contribution is 7.99. The number of amides is 1. The zero-order chi connectivity index (χ0) is 22.1. The molecule has 2 N–H and O–H groups in total. The molecule has 0 saturated heterocycles. The maximum absolute atomic E-state index is 13.3. The van der Waals surface area contributed by atoms with E-state index in [1.54, 1.807) is 0 Å². The first kappa shape index (κ1) is 22.0. The largest absolute Gasteiger partial charge is 0.495 e. The second-order valence-corrected chi connectivity index (χ2v) is 9.40. The van der Waals surface area contributed by atoms with Crippen molar-refractivity contribution in [1.29, 1.82) is 0 Å². The van der Waals surface area contributed by atoms with E-state index >= 15 is 0 Å². The number of anilines is 1. The van der Waals surface area contributed by atoms with Gasteiger partial charge in [0.25, 0.3) is 0 Å². The smallest absolute Gasteiger partial charge is 0.246 e. The quantitative estimate of drug-likeness (QED) is 0.530. The first-order valence-corrected chi connectivity index (χ1v) is 10.9. The summed E-state index contributed by atoms with van der Waals surface area (Å²) in [5, 5.41) is 2.92. The van der Waals surface area contributed by atoms with Gasteiger partial charge in [0.05, 0.1) is 23.9 Å². The van der Waals surface area contributed by atoms with Gasteiger partial charge in [0.1, 0.15) is 10.6 Å². The monoisotopic (exact) mass is 456 g/mol. The summed E-state index contributed by atoms with van der Waals surface area (Å²) in [6.45, 7) is 0. The summed E-state index contributed by atoms with van der Waals surface area (Å²) >= 11 is 1.03. The highest BCUT2D eigenvalue weighted by atomic mass is 32.2. The number of hydrogen-bond acceptors (Lipinski definition) is 6. The number of carbonyl (C=O) groups is 1. The van der Waals surface area contributed by atoms with Crippen LogP contribution in [-0.4, -0.2) is 55.6 Å². The molecule has 1 heterocycles. The van der Waals surface area contributed by atoms with E-state index in [1.807, 2.05) is 0 Å². The minimum absolute atomic E-state index is 0.0629. The molecule has 12 heteroatoms. The van der Waals surface area contributed by atoms with Crippen molar-refractivity contribution in [3.8, 4) is 5.75 Å². The number of carbonyl (C=O) groups excluding carboxylic acids is 1. The molecule has 0 aliphatic heterocycles. The van der Waals surface area contributed by atoms with Crippen LogP contribution >= 0.6 is 11.8 Å².